The number of carbonyl (C=O) groups is 1. The number of nitrogens with one attached hydrogen (secondary N) is 1. The molecule has 19 heavy (non-hydrogen) atoms. The SMILES string of the molecule is Cn1cncc1C(=O)NCC1(Cn2ccnc2)CC1. The highest BCUT2D eigenvalue weighted by molar-refractivity contribution is 5.92. The van der Waals surface area contributed by atoms with E-state index in [2.05, 4.69) is 19.9 Å². The van der Waals surface area contributed by atoms with Crippen LogP contribution >= 0.6 is 0 Å². The molecule has 0 radical (unpaired) electrons. The monoisotopic (exact) mass is 259 g/mol. The van der Waals surface area contributed by atoms with Crippen LogP contribution in [0, 0.1) is 5.41 Å². The average molecular weight is 259 g/mol. The first-order chi connectivity index (χ1) is 9.19. The second-order valence-corrected chi connectivity index (χ2v) is 5.31. The van der Waals surface area contributed by atoms with Crippen molar-refractivity contribution in [2.45, 2.75) is 19.4 Å². The normalized spacial score (nSPS) is 16.3. The fourth-order valence-corrected chi connectivity index (χ4v) is 2.27. The molecule has 0 bridgehead atoms. The van der Waals surface area contributed by atoms with Crippen molar-refractivity contribution in [2.24, 2.45) is 12.5 Å². The minimum absolute atomic E-state index is 0.0584. The van der Waals surface area contributed by atoms with Crippen LogP contribution < -0.4 is 5.32 Å². The molecule has 2 aromatic rings. The molecule has 0 aliphatic heterocycles. The van der Waals surface area contributed by atoms with Crippen molar-refractivity contribution in [3.63, 3.8) is 0 Å². The Hall–Kier alpha value is -2.11. The van der Waals surface area contributed by atoms with E-state index >= 15 is 0 Å². The first kappa shape index (κ1) is 12.0. The van der Waals surface area contributed by atoms with Crippen molar-refractivity contribution in [1.29, 1.82) is 0 Å². The molecule has 0 unspecified atom stereocenters. The van der Waals surface area contributed by atoms with Gasteiger partial charge in [-0.25, -0.2) is 9.97 Å². The van der Waals surface area contributed by atoms with Crippen LogP contribution in [0.4, 0.5) is 0 Å². The van der Waals surface area contributed by atoms with Gasteiger partial charge in [0.2, 0.25) is 0 Å². The van der Waals surface area contributed by atoms with E-state index in [1.165, 1.54) is 0 Å². The number of carbonyl (C=O) groups excluding carboxylic acids is 1. The second kappa shape index (κ2) is 4.53. The Bertz CT molecular complexity index is 568. The van der Waals surface area contributed by atoms with E-state index in [9.17, 15) is 4.79 Å². The topological polar surface area (TPSA) is 64.7 Å². The summed E-state index contributed by atoms with van der Waals surface area (Å²) in [7, 11) is 1.82. The van der Waals surface area contributed by atoms with Gasteiger partial charge in [-0.15, -0.1) is 0 Å². The van der Waals surface area contributed by atoms with Crippen molar-refractivity contribution in [2.75, 3.05) is 6.54 Å². The molecule has 6 nitrogen and oxygen atoms in total. The predicted molar refractivity (Wildman–Crippen MR) is 69.4 cm³/mol. The number of hydrogen-bond acceptors (Lipinski definition) is 3. The summed E-state index contributed by atoms with van der Waals surface area (Å²) in [5, 5.41) is 3.01. The van der Waals surface area contributed by atoms with E-state index in [0.29, 0.717) is 12.2 Å². The lowest BCUT2D eigenvalue weighted by atomic mass is 10.1. The van der Waals surface area contributed by atoms with Gasteiger partial charge < -0.3 is 14.5 Å². The first-order valence-corrected chi connectivity index (χ1v) is 6.39. The van der Waals surface area contributed by atoms with E-state index in [4.69, 9.17) is 0 Å². The van der Waals surface area contributed by atoms with Crippen LogP contribution in [-0.2, 0) is 13.6 Å². The molecule has 1 N–H and O–H groups in total. The largest absolute Gasteiger partial charge is 0.350 e. The Labute approximate surface area is 111 Å². The van der Waals surface area contributed by atoms with Crippen LogP contribution in [0.3, 0.4) is 0 Å². The summed E-state index contributed by atoms with van der Waals surface area (Å²) in [5.41, 5.74) is 0.799. The van der Waals surface area contributed by atoms with Gasteiger partial charge in [-0.1, -0.05) is 0 Å². The second-order valence-electron chi connectivity index (χ2n) is 5.31. The van der Waals surface area contributed by atoms with Crippen LogP contribution in [0.25, 0.3) is 0 Å². The maximum Gasteiger partial charge on any atom is 0.269 e. The van der Waals surface area contributed by atoms with Crippen molar-refractivity contribution < 1.29 is 4.79 Å². The van der Waals surface area contributed by atoms with Gasteiger partial charge in [0, 0.05) is 37.9 Å². The minimum atomic E-state index is -0.0584. The molecule has 1 aliphatic carbocycles. The Balaban J connectivity index is 1.58. The summed E-state index contributed by atoms with van der Waals surface area (Å²) in [5.74, 6) is -0.0584. The molecule has 6 heteroatoms. The molecule has 3 rings (SSSR count). The predicted octanol–water partition coefficient (Wildman–Crippen LogP) is 0.827. The molecule has 1 amide bonds. The molecule has 0 atom stereocenters. The highest BCUT2D eigenvalue weighted by Gasteiger charge is 2.43. The lowest BCUT2D eigenvalue weighted by molar-refractivity contribution is 0.0934. The summed E-state index contributed by atoms with van der Waals surface area (Å²) in [6.07, 6.45) is 11.1. The third-order valence-electron chi connectivity index (χ3n) is 3.71. The standard InChI is InChI=1S/C13H17N5O/c1-17-9-15-6-11(17)12(19)16-7-13(2-3-13)8-18-5-4-14-10-18/h4-6,9-10H,2-3,7-8H2,1H3,(H,16,19). The van der Waals surface area contributed by atoms with Gasteiger partial charge in [0.05, 0.1) is 18.9 Å². The van der Waals surface area contributed by atoms with Crippen molar-refractivity contribution >= 4 is 5.91 Å². The molecule has 0 aromatic carbocycles. The molecule has 0 spiro atoms. The van der Waals surface area contributed by atoms with Crippen molar-refractivity contribution in [3.05, 3.63) is 36.9 Å². The molecule has 2 heterocycles. The molecule has 100 valence electrons. The summed E-state index contributed by atoms with van der Waals surface area (Å²) in [6, 6.07) is 0. The van der Waals surface area contributed by atoms with Gasteiger partial charge in [-0.3, -0.25) is 4.79 Å². The van der Waals surface area contributed by atoms with Gasteiger partial charge in [-0.2, -0.15) is 0 Å². The number of aryl methyl sites for hydroxylation is 1. The Morgan fingerprint density at radius 2 is 2.26 bits per heavy atom. The zero-order valence-corrected chi connectivity index (χ0v) is 10.9. The van der Waals surface area contributed by atoms with Crippen LogP contribution in [0.15, 0.2) is 31.2 Å². The smallest absolute Gasteiger partial charge is 0.269 e. The summed E-state index contributed by atoms with van der Waals surface area (Å²) >= 11 is 0. The Morgan fingerprint density at radius 1 is 1.42 bits per heavy atom. The summed E-state index contributed by atoms with van der Waals surface area (Å²) < 4.78 is 3.80. The third-order valence-corrected chi connectivity index (χ3v) is 3.71. The molecule has 1 aliphatic rings. The van der Waals surface area contributed by atoms with E-state index in [0.717, 1.165) is 19.4 Å². The van der Waals surface area contributed by atoms with Crippen LogP contribution in [0.2, 0.25) is 0 Å². The van der Waals surface area contributed by atoms with Crippen LogP contribution in [-0.4, -0.2) is 31.6 Å². The Kier molecular flexibility index (Phi) is 2.85. The van der Waals surface area contributed by atoms with Gasteiger partial charge in [0.25, 0.3) is 5.91 Å². The zero-order chi connectivity index (χ0) is 13.3. The molecule has 1 saturated carbocycles. The minimum Gasteiger partial charge on any atom is -0.350 e. The average Bonchev–Trinajstić information content (AvgIpc) is 2.78. The zero-order valence-electron chi connectivity index (χ0n) is 10.9. The fourth-order valence-electron chi connectivity index (χ4n) is 2.27. The lowest BCUT2D eigenvalue weighted by Crippen LogP contribution is -2.33. The van der Waals surface area contributed by atoms with E-state index in [-0.39, 0.29) is 11.3 Å². The fraction of sp³-hybridized carbons (Fsp3) is 0.462. The van der Waals surface area contributed by atoms with E-state index in [1.807, 2.05) is 19.6 Å². The Morgan fingerprint density at radius 3 is 2.84 bits per heavy atom. The molecular formula is C13H17N5O. The number of nitrogens with zero attached hydrogens (tertiary/aromatic N) is 4. The van der Waals surface area contributed by atoms with Crippen LogP contribution in [0.1, 0.15) is 23.3 Å². The van der Waals surface area contributed by atoms with Gasteiger partial charge in [0.15, 0.2) is 0 Å². The summed E-state index contributed by atoms with van der Waals surface area (Å²) in [4.78, 5) is 20.0. The van der Waals surface area contributed by atoms with Gasteiger partial charge in [0.1, 0.15) is 5.69 Å². The highest BCUT2D eigenvalue weighted by atomic mass is 16.1. The van der Waals surface area contributed by atoms with E-state index in [1.54, 1.807) is 23.3 Å². The van der Waals surface area contributed by atoms with Crippen molar-refractivity contribution in [1.82, 2.24) is 24.4 Å². The molecule has 2 aromatic heterocycles. The molecule has 0 saturated heterocycles. The van der Waals surface area contributed by atoms with E-state index < -0.39 is 0 Å². The van der Waals surface area contributed by atoms with Gasteiger partial charge in [-0.05, 0) is 12.8 Å². The first-order valence-electron chi connectivity index (χ1n) is 6.39. The van der Waals surface area contributed by atoms with Crippen molar-refractivity contribution in [3.8, 4) is 0 Å². The molecular weight excluding hydrogens is 242 g/mol. The maximum absolute atomic E-state index is 12.0. The number of aromatic nitrogens is 4. The number of imidazole rings is 2. The third kappa shape index (κ3) is 2.52. The number of amides is 1. The van der Waals surface area contributed by atoms with Gasteiger partial charge >= 0.3 is 0 Å². The molecule has 1 fully saturated rings. The lowest BCUT2D eigenvalue weighted by Gasteiger charge is -2.16. The number of hydrogen-bond donors (Lipinski definition) is 1. The maximum atomic E-state index is 12.0. The summed E-state index contributed by atoms with van der Waals surface area (Å²) in [6.45, 7) is 1.62. The number of rotatable bonds is 5. The highest BCUT2D eigenvalue weighted by Crippen LogP contribution is 2.46. The quantitative estimate of drug-likeness (QED) is 0.865. The van der Waals surface area contributed by atoms with Crippen LogP contribution in [0.5, 0.6) is 0 Å².